The topological polar surface area (TPSA) is 48.8 Å². The van der Waals surface area contributed by atoms with E-state index in [1.807, 2.05) is 36.5 Å². The molecular formula is C16H11FN2O. The molecule has 1 N–H and O–H groups in total. The van der Waals surface area contributed by atoms with E-state index in [9.17, 15) is 4.39 Å². The predicted octanol–water partition coefficient (Wildman–Crippen LogP) is 3.76. The minimum Gasteiger partial charge on any atom is -0.489 e. The number of aromatic nitrogens is 1. The number of aromatic amines is 1. The van der Waals surface area contributed by atoms with Crippen LogP contribution in [0.5, 0.6) is 5.75 Å². The molecule has 98 valence electrons. The zero-order valence-electron chi connectivity index (χ0n) is 10.6. The van der Waals surface area contributed by atoms with Gasteiger partial charge in [-0.2, -0.15) is 5.26 Å². The Morgan fingerprint density at radius 1 is 1.20 bits per heavy atom. The van der Waals surface area contributed by atoms with Gasteiger partial charge in [0.15, 0.2) is 0 Å². The van der Waals surface area contributed by atoms with Crippen LogP contribution in [0.3, 0.4) is 0 Å². The highest BCUT2D eigenvalue weighted by molar-refractivity contribution is 5.80. The molecule has 0 saturated carbocycles. The van der Waals surface area contributed by atoms with Gasteiger partial charge in [-0.1, -0.05) is 12.1 Å². The van der Waals surface area contributed by atoms with Crippen molar-refractivity contribution in [2.75, 3.05) is 0 Å². The number of nitriles is 1. The molecule has 0 amide bonds. The Bertz CT molecular complexity index is 802. The average molecular weight is 266 g/mol. The van der Waals surface area contributed by atoms with Crippen LogP contribution in [0, 0.1) is 17.1 Å². The Labute approximate surface area is 115 Å². The van der Waals surface area contributed by atoms with E-state index in [1.165, 1.54) is 6.07 Å². The third-order valence-corrected chi connectivity index (χ3v) is 3.12. The summed E-state index contributed by atoms with van der Waals surface area (Å²) in [6.45, 7) is 0.0945. The Morgan fingerprint density at radius 3 is 2.95 bits per heavy atom. The van der Waals surface area contributed by atoms with Gasteiger partial charge in [0.25, 0.3) is 0 Å². The maximum atomic E-state index is 13.9. The van der Waals surface area contributed by atoms with E-state index in [2.05, 4.69) is 4.98 Å². The molecule has 4 heteroatoms. The molecule has 1 heterocycles. The number of fused-ring (bicyclic) bond motifs is 1. The van der Waals surface area contributed by atoms with Gasteiger partial charge in [-0.05, 0) is 30.3 Å². The van der Waals surface area contributed by atoms with Crippen molar-refractivity contribution >= 4 is 10.9 Å². The average Bonchev–Trinajstić information content (AvgIpc) is 2.93. The molecule has 2 aromatic carbocycles. The van der Waals surface area contributed by atoms with Crippen molar-refractivity contribution in [3.63, 3.8) is 0 Å². The van der Waals surface area contributed by atoms with E-state index in [-0.39, 0.29) is 12.2 Å². The first-order valence-corrected chi connectivity index (χ1v) is 6.15. The van der Waals surface area contributed by atoms with E-state index >= 15 is 0 Å². The largest absolute Gasteiger partial charge is 0.489 e. The number of H-pyrrole nitrogens is 1. The van der Waals surface area contributed by atoms with Gasteiger partial charge in [0, 0.05) is 22.7 Å². The molecule has 0 unspecified atom stereocenters. The lowest BCUT2D eigenvalue weighted by molar-refractivity contribution is 0.300. The molecule has 0 spiro atoms. The lowest BCUT2D eigenvalue weighted by atomic mass is 10.1. The van der Waals surface area contributed by atoms with Gasteiger partial charge in [0.05, 0.1) is 5.56 Å². The molecule has 0 saturated heterocycles. The lowest BCUT2D eigenvalue weighted by Gasteiger charge is -2.08. The van der Waals surface area contributed by atoms with Crippen molar-refractivity contribution < 1.29 is 9.13 Å². The van der Waals surface area contributed by atoms with Crippen molar-refractivity contribution in [2.45, 2.75) is 6.61 Å². The zero-order valence-corrected chi connectivity index (χ0v) is 10.6. The number of nitrogens with one attached hydrogen (secondary N) is 1. The molecule has 1 aromatic heterocycles. The van der Waals surface area contributed by atoms with Crippen molar-refractivity contribution in [2.24, 2.45) is 0 Å². The Hall–Kier alpha value is -2.80. The molecule has 0 atom stereocenters. The maximum absolute atomic E-state index is 13.9. The van der Waals surface area contributed by atoms with Crippen LogP contribution in [0.4, 0.5) is 4.39 Å². The standard InChI is InChI=1S/C16H11FN2O/c17-16-12(9-18)2-1-3-13(16)10-20-14-4-5-15-11(8-14)6-7-19-15/h1-8,19H,10H2. The van der Waals surface area contributed by atoms with Gasteiger partial charge in [0.2, 0.25) is 0 Å². The van der Waals surface area contributed by atoms with Crippen LogP contribution in [0.1, 0.15) is 11.1 Å². The van der Waals surface area contributed by atoms with Gasteiger partial charge in [-0.3, -0.25) is 0 Å². The molecular weight excluding hydrogens is 255 g/mol. The summed E-state index contributed by atoms with van der Waals surface area (Å²) >= 11 is 0. The predicted molar refractivity (Wildman–Crippen MR) is 73.7 cm³/mol. The van der Waals surface area contributed by atoms with Crippen LogP contribution in [0.15, 0.2) is 48.7 Å². The van der Waals surface area contributed by atoms with Crippen LogP contribution in [0.2, 0.25) is 0 Å². The summed E-state index contributed by atoms with van der Waals surface area (Å²) in [7, 11) is 0. The summed E-state index contributed by atoms with van der Waals surface area (Å²) < 4.78 is 19.5. The Balaban J connectivity index is 1.81. The third kappa shape index (κ3) is 2.21. The number of benzene rings is 2. The summed E-state index contributed by atoms with van der Waals surface area (Å²) in [5, 5.41) is 9.82. The summed E-state index contributed by atoms with van der Waals surface area (Å²) in [6, 6.07) is 14.1. The van der Waals surface area contributed by atoms with E-state index in [1.54, 1.807) is 12.1 Å². The minimum absolute atomic E-state index is 0.0344. The maximum Gasteiger partial charge on any atom is 0.147 e. The quantitative estimate of drug-likeness (QED) is 0.784. The molecule has 0 aliphatic carbocycles. The molecule has 0 bridgehead atoms. The molecule has 0 fully saturated rings. The van der Waals surface area contributed by atoms with Crippen LogP contribution >= 0.6 is 0 Å². The fourth-order valence-electron chi connectivity index (χ4n) is 2.06. The molecule has 3 nitrogen and oxygen atoms in total. The lowest BCUT2D eigenvalue weighted by Crippen LogP contribution is -2.00. The smallest absolute Gasteiger partial charge is 0.147 e. The number of hydrogen-bond acceptors (Lipinski definition) is 2. The second-order valence-corrected chi connectivity index (χ2v) is 4.41. The second kappa shape index (κ2) is 5.06. The normalized spacial score (nSPS) is 10.4. The zero-order chi connectivity index (χ0) is 13.9. The highest BCUT2D eigenvalue weighted by atomic mass is 19.1. The van der Waals surface area contributed by atoms with Crippen LogP contribution < -0.4 is 4.74 Å². The summed E-state index contributed by atoms with van der Waals surface area (Å²) in [5.41, 5.74) is 1.43. The number of rotatable bonds is 3. The van der Waals surface area contributed by atoms with Gasteiger partial charge in [-0.25, -0.2) is 4.39 Å². The van der Waals surface area contributed by atoms with E-state index in [4.69, 9.17) is 10.00 Å². The molecule has 0 aliphatic rings. The van der Waals surface area contributed by atoms with Crippen molar-refractivity contribution in [3.05, 3.63) is 65.6 Å². The molecule has 20 heavy (non-hydrogen) atoms. The first-order chi connectivity index (χ1) is 9.78. The highest BCUT2D eigenvalue weighted by Crippen LogP contribution is 2.21. The summed E-state index contributed by atoms with van der Waals surface area (Å²) in [5.74, 6) is 0.150. The number of ether oxygens (including phenoxy) is 1. The minimum atomic E-state index is -0.516. The molecule has 0 radical (unpaired) electrons. The van der Waals surface area contributed by atoms with E-state index in [0.29, 0.717) is 11.3 Å². The Morgan fingerprint density at radius 2 is 2.10 bits per heavy atom. The Kier molecular flexibility index (Phi) is 3.10. The second-order valence-electron chi connectivity index (χ2n) is 4.41. The first kappa shape index (κ1) is 12.2. The summed E-state index contributed by atoms with van der Waals surface area (Å²) in [4.78, 5) is 3.09. The monoisotopic (exact) mass is 266 g/mol. The fraction of sp³-hybridized carbons (Fsp3) is 0.0625. The molecule has 0 aliphatic heterocycles. The highest BCUT2D eigenvalue weighted by Gasteiger charge is 2.08. The number of halogens is 1. The summed E-state index contributed by atoms with van der Waals surface area (Å²) in [6.07, 6.45) is 1.85. The van der Waals surface area contributed by atoms with Crippen LogP contribution in [0.25, 0.3) is 10.9 Å². The molecule has 3 rings (SSSR count). The number of nitrogens with zero attached hydrogens (tertiary/aromatic N) is 1. The van der Waals surface area contributed by atoms with Crippen molar-refractivity contribution in [3.8, 4) is 11.8 Å². The number of hydrogen-bond donors (Lipinski definition) is 1. The van der Waals surface area contributed by atoms with Crippen LogP contribution in [-0.4, -0.2) is 4.98 Å². The fourth-order valence-corrected chi connectivity index (χ4v) is 2.06. The first-order valence-electron chi connectivity index (χ1n) is 6.15. The van der Waals surface area contributed by atoms with Crippen LogP contribution in [-0.2, 0) is 6.61 Å². The van der Waals surface area contributed by atoms with Gasteiger partial charge in [0.1, 0.15) is 24.2 Å². The van der Waals surface area contributed by atoms with Crippen molar-refractivity contribution in [1.29, 1.82) is 5.26 Å². The third-order valence-electron chi connectivity index (χ3n) is 3.12. The van der Waals surface area contributed by atoms with Gasteiger partial charge < -0.3 is 9.72 Å². The van der Waals surface area contributed by atoms with E-state index < -0.39 is 5.82 Å². The molecule has 3 aromatic rings. The van der Waals surface area contributed by atoms with Gasteiger partial charge in [-0.15, -0.1) is 0 Å². The van der Waals surface area contributed by atoms with E-state index in [0.717, 1.165) is 10.9 Å². The van der Waals surface area contributed by atoms with Gasteiger partial charge >= 0.3 is 0 Å². The SMILES string of the molecule is N#Cc1cccc(COc2ccc3[nH]ccc3c2)c1F. The van der Waals surface area contributed by atoms with Crippen molar-refractivity contribution in [1.82, 2.24) is 4.98 Å².